The number of aryl methyl sites for hydroxylation is 1. The van der Waals surface area contributed by atoms with E-state index < -0.39 is 0 Å². The van der Waals surface area contributed by atoms with Crippen LogP contribution in [-0.2, 0) is 0 Å². The van der Waals surface area contributed by atoms with Crippen LogP contribution in [0.25, 0.3) is 0 Å². The summed E-state index contributed by atoms with van der Waals surface area (Å²) in [5, 5.41) is 10.0. The van der Waals surface area contributed by atoms with E-state index in [-0.39, 0.29) is 11.5 Å². The number of aliphatic imine (C=N–C) groups is 1. The van der Waals surface area contributed by atoms with Gasteiger partial charge < -0.3 is 5.11 Å². The van der Waals surface area contributed by atoms with E-state index in [0.29, 0.717) is 11.1 Å². The minimum atomic E-state index is -0.157. The third-order valence-corrected chi connectivity index (χ3v) is 2.77. The van der Waals surface area contributed by atoms with Crippen molar-refractivity contribution < 1.29 is 9.90 Å². The van der Waals surface area contributed by atoms with Crippen LogP contribution in [0.1, 0.15) is 28.4 Å². The molecule has 0 aromatic heterocycles. The zero-order valence-corrected chi connectivity index (χ0v) is 10.9. The van der Waals surface area contributed by atoms with Gasteiger partial charge in [-0.2, -0.15) is 0 Å². The molecule has 0 bridgehead atoms. The minimum absolute atomic E-state index is 0.0159. The molecule has 0 radical (unpaired) electrons. The van der Waals surface area contributed by atoms with Crippen molar-refractivity contribution in [3.8, 4) is 5.75 Å². The summed E-state index contributed by atoms with van der Waals surface area (Å²) in [6.45, 7) is 3.32. The number of aromatic hydroxyl groups is 1. The Hall–Kier alpha value is -2.42. The van der Waals surface area contributed by atoms with E-state index in [0.717, 1.165) is 11.3 Å². The predicted octanol–water partition coefficient (Wildman–Crippen LogP) is 3.65. The number of para-hydroxylation sites is 1. The van der Waals surface area contributed by atoms with E-state index in [4.69, 9.17) is 0 Å². The molecule has 0 fully saturated rings. The molecule has 1 N–H and O–H groups in total. The quantitative estimate of drug-likeness (QED) is 0.670. The lowest BCUT2D eigenvalue weighted by molar-refractivity contribution is 0.101. The predicted molar refractivity (Wildman–Crippen MR) is 76.5 cm³/mol. The lowest BCUT2D eigenvalue weighted by Gasteiger charge is -2.06. The van der Waals surface area contributed by atoms with Crippen LogP contribution in [0.3, 0.4) is 0 Å². The molecule has 19 heavy (non-hydrogen) atoms. The van der Waals surface area contributed by atoms with Crippen LogP contribution in [0.15, 0.2) is 47.5 Å². The summed E-state index contributed by atoms with van der Waals surface area (Å²) in [5.74, 6) is -0.173. The normalized spacial score (nSPS) is 10.8. The Balaban J connectivity index is 2.41. The topological polar surface area (TPSA) is 49.7 Å². The lowest BCUT2D eigenvalue weighted by Crippen LogP contribution is -1.97. The lowest BCUT2D eigenvalue weighted by atomic mass is 10.0. The number of hydrogen-bond acceptors (Lipinski definition) is 3. The number of phenols is 1. The van der Waals surface area contributed by atoms with Crippen molar-refractivity contribution in [1.82, 2.24) is 0 Å². The average molecular weight is 253 g/mol. The van der Waals surface area contributed by atoms with Crippen LogP contribution < -0.4 is 0 Å². The smallest absolute Gasteiger partial charge is 0.163 e. The summed E-state index contributed by atoms with van der Waals surface area (Å²) >= 11 is 0. The maximum atomic E-state index is 11.4. The number of Topliss-reactive ketones (excluding diaryl/α,β-unsaturated/α-hetero) is 1. The first-order valence-corrected chi connectivity index (χ1v) is 6.01. The van der Waals surface area contributed by atoms with E-state index in [1.54, 1.807) is 18.3 Å². The van der Waals surface area contributed by atoms with Gasteiger partial charge in [0.05, 0.1) is 11.3 Å². The van der Waals surface area contributed by atoms with Gasteiger partial charge in [0.25, 0.3) is 0 Å². The van der Waals surface area contributed by atoms with Crippen LogP contribution in [-0.4, -0.2) is 17.1 Å². The van der Waals surface area contributed by atoms with Crippen molar-refractivity contribution in [2.45, 2.75) is 13.8 Å². The molecular formula is C16H15NO2. The minimum Gasteiger partial charge on any atom is -0.507 e. The van der Waals surface area contributed by atoms with Gasteiger partial charge in [-0.25, -0.2) is 0 Å². The molecule has 0 aliphatic heterocycles. The van der Waals surface area contributed by atoms with Crippen LogP contribution in [0, 0.1) is 6.92 Å². The molecule has 0 atom stereocenters. The molecule has 0 aliphatic rings. The van der Waals surface area contributed by atoms with Crippen molar-refractivity contribution in [3.05, 3.63) is 59.2 Å². The number of rotatable bonds is 3. The average Bonchev–Trinajstić information content (AvgIpc) is 2.40. The molecule has 2 aromatic rings. The number of carbonyl (C=O) groups is 1. The Labute approximate surface area is 112 Å². The van der Waals surface area contributed by atoms with Gasteiger partial charge in [0.15, 0.2) is 5.78 Å². The highest BCUT2D eigenvalue weighted by Gasteiger charge is 2.10. The zero-order valence-electron chi connectivity index (χ0n) is 10.9. The largest absolute Gasteiger partial charge is 0.507 e. The number of phenolic OH excluding ortho intramolecular Hbond substituents is 1. The molecule has 0 unspecified atom stereocenters. The number of carbonyl (C=O) groups excluding carboxylic acids is 1. The number of nitrogens with zero attached hydrogens (tertiary/aromatic N) is 1. The van der Waals surface area contributed by atoms with Crippen LogP contribution in [0.5, 0.6) is 5.75 Å². The van der Waals surface area contributed by atoms with Gasteiger partial charge in [-0.1, -0.05) is 18.2 Å². The second kappa shape index (κ2) is 5.48. The second-order valence-electron chi connectivity index (χ2n) is 4.40. The fourth-order valence-corrected chi connectivity index (χ4v) is 1.83. The fraction of sp³-hybridized carbons (Fsp3) is 0.125. The van der Waals surface area contributed by atoms with E-state index in [9.17, 15) is 9.90 Å². The van der Waals surface area contributed by atoms with Gasteiger partial charge in [-0.05, 0) is 43.7 Å². The Morgan fingerprint density at radius 3 is 2.53 bits per heavy atom. The molecule has 0 aliphatic carbocycles. The summed E-state index contributed by atoms with van der Waals surface area (Å²) < 4.78 is 0. The van der Waals surface area contributed by atoms with Gasteiger partial charge >= 0.3 is 0 Å². The van der Waals surface area contributed by atoms with Gasteiger partial charge in [-0.3, -0.25) is 9.79 Å². The summed E-state index contributed by atoms with van der Waals surface area (Å²) in [6.07, 6.45) is 1.57. The van der Waals surface area contributed by atoms with Gasteiger partial charge in [0, 0.05) is 11.8 Å². The molecule has 0 saturated heterocycles. The van der Waals surface area contributed by atoms with Crippen molar-refractivity contribution in [2.75, 3.05) is 0 Å². The Bertz CT molecular complexity index is 631. The fourth-order valence-electron chi connectivity index (χ4n) is 1.83. The standard InChI is InChI=1S/C16H15NO2/c1-11-8-13(16(19)15(9-11)12(2)18)10-17-14-6-4-3-5-7-14/h3-10,19H,1-2H3. The molecule has 3 heteroatoms. The van der Waals surface area contributed by atoms with Crippen LogP contribution in [0.2, 0.25) is 0 Å². The molecule has 3 nitrogen and oxygen atoms in total. The first-order valence-electron chi connectivity index (χ1n) is 6.01. The SMILES string of the molecule is CC(=O)c1cc(C)cc(C=Nc2ccccc2)c1O. The van der Waals surface area contributed by atoms with Crippen molar-refractivity contribution in [2.24, 2.45) is 4.99 Å². The molecule has 0 amide bonds. The highest BCUT2D eigenvalue weighted by molar-refractivity contribution is 6.00. The van der Waals surface area contributed by atoms with Crippen molar-refractivity contribution in [1.29, 1.82) is 0 Å². The third kappa shape index (κ3) is 3.07. The second-order valence-corrected chi connectivity index (χ2v) is 4.40. The van der Waals surface area contributed by atoms with E-state index in [2.05, 4.69) is 4.99 Å². The van der Waals surface area contributed by atoms with E-state index in [1.807, 2.05) is 37.3 Å². The summed E-state index contributed by atoms with van der Waals surface area (Å²) in [6, 6.07) is 12.9. The molecule has 2 rings (SSSR count). The van der Waals surface area contributed by atoms with E-state index in [1.165, 1.54) is 6.92 Å². The van der Waals surface area contributed by atoms with Gasteiger partial charge in [0.2, 0.25) is 0 Å². The number of hydrogen-bond donors (Lipinski definition) is 1. The highest BCUT2D eigenvalue weighted by atomic mass is 16.3. The van der Waals surface area contributed by atoms with Crippen molar-refractivity contribution in [3.63, 3.8) is 0 Å². The third-order valence-electron chi connectivity index (χ3n) is 2.77. The first-order chi connectivity index (χ1) is 9.08. The van der Waals surface area contributed by atoms with Crippen LogP contribution in [0.4, 0.5) is 5.69 Å². The maximum Gasteiger partial charge on any atom is 0.163 e. The first kappa shape index (κ1) is 13.0. The Morgan fingerprint density at radius 2 is 1.89 bits per heavy atom. The summed E-state index contributed by atoms with van der Waals surface area (Å²) in [5.41, 5.74) is 2.59. The number of ketones is 1. The molecule has 0 spiro atoms. The van der Waals surface area contributed by atoms with Gasteiger partial charge in [0.1, 0.15) is 5.75 Å². The maximum absolute atomic E-state index is 11.4. The van der Waals surface area contributed by atoms with Gasteiger partial charge in [-0.15, -0.1) is 0 Å². The molecule has 2 aromatic carbocycles. The van der Waals surface area contributed by atoms with E-state index >= 15 is 0 Å². The molecule has 0 heterocycles. The molecular weight excluding hydrogens is 238 g/mol. The van der Waals surface area contributed by atoms with Crippen molar-refractivity contribution >= 4 is 17.7 Å². The highest BCUT2D eigenvalue weighted by Crippen LogP contribution is 2.24. The Kier molecular flexibility index (Phi) is 3.76. The number of benzene rings is 2. The Morgan fingerprint density at radius 1 is 1.21 bits per heavy atom. The summed E-state index contributed by atoms with van der Waals surface area (Å²) in [4.78, 5) is 15.7. The summed E-state index contributed by atoms with van der Waals surface area (Å²) in [7, 11) is 0. The molecule has 96 valence electrons. The zero-order chi connectivity index (χ0) is 13.8. The van der Waals surface area contributed by atoms with Crippen LogP contribution >= 0.6 is 0 Å². The molecule has 0 saturated carbocycles. The monoisotopic (exact) mass is 253 g/mol.